The van der Waals surface area contributed by atoms with Crippen molar-refractivity contribution in [2.24, 2.45) is 22.6 Å². The highest BCUT2D eigenvalue weighted by Crippen LogP contribution is 2.43. The van der Waals surface area contributed by atoms with E-state index in [0.29, 0.717) is 24.2 Å². The molecule has 3 rings (SSSR count). The van der Waals surface area contributed by atoms with E-state index in [0.717, 1.165) is 24.8 Å². The van der Waals surface area contributed by atoms with Gasteiger partial charge in [0.1, 0.15) is 11.4 Å². The van der Waals surface area contributed by atoms with E-state index in [4.69, 9.17) is 5.73 Å². The molecule has 1 aromatic carbocycles. The van der Waals surface area contributed by atoms with Gasteiger partial charge in [0, 0.05) is 6.54 Å². The van der Waals surface area contributed by atoms with Gasteiger partial charge >= 0.3 is 6.03 Å². The van der Waals surface area contributed by atoms with Crippen molar-refractivity contribution in [3.63, 3.8) is 0 Å². The summed E-state index contributed by atoms with van der Waals surface area (Å²) < 4.78 is 0. The molecular weight excluding hydrogens is 262 g/mol. The first-order valence-corrected chi connectivity index (χ1v) is 7.73. The number of hydrogen-bond acceptors (Lipinski definition) is 2. The van der Waals surface area contributed by atoms with E-state index in [1.165, 1.54) is 0 Å². The Morgan fingerprint density at radius 2 is 2.00 bits per heavy atom. The Bertz CT molecular complexity index is 569. The van der Waals surface area contributed by atoms with Gasteiger partial charge in [0.05, 0.1) is 0 Å². The van der Waals surface area contributed by atoms with Crippen LogP contribution in [-0.2, 0) is 6.54 Å². The van der Waals surface area contributed by atoms with Crippen LogP contribution in [0.4, 0.5) is 4.79 Å². The van der Waals surface area contributed by atoms with E-state index in [1.54, 1.807) is 0 Å². The fourth-order valence-corrected chi connectivity index (χ4v) is 3.64. The van der Waals surface area contributed by atoms with Crippen LogP contribution in [0.5, 0.6) is 0 Å². The first kappa shape index (κ1) is 14.1. The Balaban J connectivity index is 1.89. The van der Waals surface area contributed by atoms with E-state index >= 15 is 0 Å². The molecule has 4 nitrogen and oxygen atoms in total. The lowest BCUT2D eigenvalue weighted by molar-refractivity contribution is 0.0960. The number of carbonyl (C=O) groups excluding carboxylic acids is 1. The van der Waals surface area contributed by atoms with Crippen LogP contribution >= 0.6 is 0 Å². The molecule has 4 heteroatoms. The van der Waals surface area contributed by atoms with Crippen LogP contribution in [0.3, 0.4) is 0 Å². The molecule has 0 radical (unpaired) electrons. The molecule has 3 atom stereocenters. The van der Waals surface area contributed by atoms with Crippen molar-refractivity contribution in [1.82, 2.24) is 4.90 Å². The molecule has 0 saturated heterocycles. The lowest BCUT2D eigenvalue weighted by atomic mass is 9.70. The van der Waals surface area contributed by atoms with Gasteiger partial charge in [-0.25, -0.2) is 4.79 Å². The number of nitrogens with zero attached hydrogens (tertiary/aromatic N) is 2. The van der Waals surface area contributed by atoms with Crippen LogP contribution in [0.25, 0.3) is 0 Å². The SMILES string of the molecule is CC1CCC2(CC1C)C(N)=NC(=O)N2Cc1ccccc1. The summed E-state index contributed by atoms with van der Waals surface area (Å²) in [6, 6.07) is 9.89. The van der Waals surface area contributed by atoms with Crippen molar-refractivity contribution in [2.75, 3.05) is 0 Å². The Kier molecular flexibility index (Phi) is 3.47. The number of hydrogen-bond donors (Lipinski definition) is 1. The standard InChI is InChI=1S/C17H23N3O/c1-12-8-9-17(10-13(12)2)15(18)19-16(21)20(17)11-14-6-4-3-5-7-14/h3-7,12-13H,8-11H2,1-2H3,(H2,18,19,21). The Morgan fingerprint density at radius 1 is 1.29 bits per heavy atom. The molecule has 1 fully saturated rings. The van der Waals surface area contributed by atoms with Gasteiger partial charge < -0.3 is 10.6 Å². The highest BCUT2D eigenvalue weighted by atomic mass is 16.2. The molecule has 112 valence electrons. The average molecular weight is 285 g/mol. The van der Waals surface area contributed by atoms with Crippen LogP contribution in [0.15, 0.2) is 35.3 Å². The van der Waals surface area contributed by atoms with Crippen molar-refractivity contribution < 1.29 is 4.79 Å². The minimum absolute atomic E-state index is 0.182. The van der Waals surface area contributed by atoms with Crippen LogP contribution in [0.1, 0.15) is 38.7 Å². The van der Waals surface area contributed by atoms with Crippen molar-refractivity contribution in [3.05, 3.63) is 35.9 Å². The molecule has 2 amide bonds. The normalized spacial score (nSPS) is 32.6. The quantitative estimate of drug-likeness (QED) is 0.907. The lowest BCUT2D eigenvalue weighted by Crippen LogP contribution is -2.57. The Morgan fingerprint density at radius 3 is 2.67 bits per heavy atom. The van der Waals surface area contributed by atoms with E-state index in [9.17, 15) is 4.79 Å². The monoisotopic (exact) mass is 285 g/mol. The summed E-state index contributed by atoms with van der Waals surface area (Å²) in [5.41, 5.74) is 6.94. The first-order valence-electron chi connectivity index (χ1n) is 7.73. The van der Waals surface area contributed by atoms with Crippen LogP contribution in [0, 0.1) is 11.8 Å². The number of amides is 2. The maximum absolute atomic E-state index is 12.3. The summed E-state index contributed by atoms with van der Waals surface area (Å²) in [5.74, 6) is 1.75. The third-order valence-electron chi connectivity index (χ3n) is 5.27. The molecule has 1 heterocycles. The maximum Gasteiger partial charge on any atom is 0.346 e. The number of rotatable bonds is 2. The summed E-state index contributed by atoms with van der Waals surface area (Å²) in [6.45, 7) is 5.12. The van der Waals surface area contributed by atoms with Gasteiger partial charge in [0.25, 0.3) is 0 Å². The van der Waals surface area contributed by atoms with Gasteiger partial charge in [-0.05, 0) is 36.7 Å². The molecule has 1 aromatic rings. The summed E-state index contributed by atoms with van der Waals surface area (Å²) >= 11 is 0. The van der Waals surface area contributed by atoms with Gasteiger partial charge in [0.2, 0.25) is 0 Å². The zero-order valence-electron chi connectivity index (χ0n) is 12.7. The van der Waals surface area contributed by atoms with Gasteiger partial charge in [-0.15, -0.1) is 0 Å². The number of nitrogens with two attached hydrogens (primary N) is 1. The second kappa shape index (κ2) is 5.17. The molecular formula is C17H23N3O. The van der Waals surface area contributed by atoms with E-state index in [-0.39, 0.29) is 11.6 Å². The molecule has 1 aliphatic carbocycles. The van der Waals surface area contributed by atoms with Gasteiger partial charge in [0.15, 0.2) is 0 Å². The zero-order valence-corrected chi connectivity index (χ0v) is 12.7. The predicted molar refractivity (Wildman–Crippen MR) is 83.9 cm³/mol. The lowest BCUT2D eigenvalue weighted by Gasteiger charge is -2.45. The van der Waals surface area contributed by atoms with Gasteiger partial charge in [-0.3, -0.25) is 0 Å². The van der Waals surface area contributed by atoms with E-state index in [1.807, 2.05) is 35.2 Å². The number of aliphatic imine (C=N–C) groups is 1. The molecule has 1 aliphatic heterocycles. The zero-order chi connectivity index (χ0) is 15.0. The molecule has 21 heavy (non-hydrogen) atoms. The number of carbonyl (C=O) groups is 1. The maximum atomic E-state index is 12.3. The topological polar surface area (TPSA) is 58.7 Å². The highest BCUT2D eigenvalue weighted by molar-refractivity contribution is 6.05. The molecule has 2 N–H and O–H groups in total. The second-order valence-corrected chi connectivity index (χ2v) is 6.58. The summed E-state index contributed by atoms with van der Waals surface area (Å²) in [7, 11) is 0. The summed E-state index contributed by atoms with van der Waals surface area (Å²) in [6.07, 6.45) is 2.93. The fraction of sp³-hybridized carbons (Fsp3) is 0.529. The van der Waals surface area contributed by atoms with Crippen LogP contribution in [0.2, 0.25) is 0 Å². The number of benzene rings is 1. The van der Waals surface area contributed by atoms with E-state index in [2.05, 4.69) is 18.8 Å². The second-order valence-electron chi connectivity index (χ2n) is 6.58. The average Bonchev–Trinajstić information content (AvgIpc) is 2.69. The van der Waals surface area contributed by atoms with Gasteiger partial charge in [-0.2, -0.15) is 4.99 Å². The Hall–Kier alpha value is -1.84. The smallest absolute Gasteiger partial charge is 0.346 e. The van der Waals surface area contributed by atoms with Crippen molar-refractivity contribution >= 4 is 11.9 Å². The predicted octanol–water partition coefficient (Wildman–Crippen LogP) is 3.17. The van der Waals surface area contributed by atoms with Crippen LogP contribution in [-0.4, -0.2) is 22.3 Å². The van der Waals surface area contributed by atoms with Crippen molar-refractivity contribution in [3.8, 4) is 0 Å². The fourth-order valence-electron chi connectivity index (χ4n) is 3.64. The van der Waals surface area contributed by atoms with E-state index < -0.39 is 0 Å². The Labute approximate surface area is 126 Å². The van der Waals surface area contributed by atoms with Crippen molar-refractivity contribution in [2.45, 2.75) is 45.2 Å². The molecule has 2 aliphatic rings. The number of urea groups is 1. The molecule has 1 saturated carbocycles. The minimum atomic E-state index is -0.362. The molecule has 0 aromatic heterocycles. The molecule has 0 bridgehead atoms. The highest BCUT2D eigenvalue weighted by Gasteiger charge is 2.51. The minimum Gasteiger partial charge on any atom is -0.385 e. The summed E-state index contributed by atoms with van der Waals surface area (Å²) in [5, 5.41) is 0. The molecule has 3 unspecified atom stereocenters. The van der Waals surface area contributed by atoms with Crippen LogP contribution < -0.4 is 5.73 Å². The first-order chi connectivity index (χ1) is 10.0. The third kappa shape index (κ3) is 2.33. The largest absolute Gasteiger partial charge is 0.385 e. The van der Waals surface area contributed by atoms with Crippen molar-refractivity contribution in [1.29, 1.82) is 0 Å². The number of amidine groups is 1. The third-order valence-corrected chi connectivity index (χ3v) is 5.27. The molecule has 1 spiro atoms. The summed E-state index contributed by atoms with van der Waals surface area (Å²) in [4.78, 5) is 18.3. The van der Waals surface area contributed by atoms with Gasteiger partial charge in [-0.1, -0.05) is 44.2 Å².